The second kappa shape index (κ2) is 5.97. The van der Waals surface area contributed by atoms with Crippen molar-refractivity contribution in [3.8, 4) is 0 Å². The first-order valence-corrected chi connectivity index (χ1v) is 8.85. The van der Waals surface area contributed by atoms with Gasteiger partial charge in [0, 0.05) is 15.8 Å². The maximum absolute atomic E-state index is 12.9. The molecule has 0 aliphatic rings. The Balaban J connectivity index is 1.75. The summed E-state index contributed by atoms with van der Waals surface area (Å²) in [6.07, 6.45) is 0. The van der Waals surface area contributed by atoms with Gasteiger partial charge in [0.05, 0.1) is 5.52 Å². The smallest absolute Gasteiger partial charge is 0.287 e. The molecule has 0 aliphatic carbocycles. The number of aromatic amines is 2. The van der Waals surface area contributed by atoms with Crippen molar-refractivity contribution in [1.29, 1.82) is 0 Å². The van der Waals surface area contributed by atoms with Crippen LogP contribution in [0.2, 0.25) is 5.02 Å². The van der Waals surface area contributed by atoms with Crippen LogP contribution in [0.15, 0.2) is 67.3 Å². The normalized spacial score (nSPS) is 11.6. The maximum atomic E-state index is 12.9. The summed E-state index contributed by atoms with van der Waals surface area (Å²) in [4.78, 5) is 41.2. The molecule has 3 aromatic heterocycles. The molecular formula is C20H12ClN3O4. The molecule has 0 saturated heterocycles. The van der Waals surface area contributed by atoms with Crippen LogP contribution in [0.4, 0.5) is 0 Å². The third kappa shape index (κ3) is 2.48. The van der Waals surface area contributed by atoms with Gasteiger partial charge in [-0.25, -0.2) is 4.68 Å². The fourth-order valence-corrected chi connectivity index (χ4v) is 3.56. The van der Waals surface area contributed by atoms with Crippen LogP contribution < -0.4 is 16.5 Å². The summed E-state index contributed by atoms with van der Waals surface area (Å²) < 4.78 is 6.79. The molecule has 7 nitrogen and oxygen atoms in total. The molecule has 0 atom stereocenters. The lowest BCUT2D eigenvalue weighted by atomic mass is 10.1. The van der Waals surface area contributed by atoms with Gasteiger partial charge >= 0.3 is 0 Å². The molecule has 5 aromatic rings. The SMILES string of the molecule is O=c1[nH]n(Cc2cc3ccccc3o2)c(=O)c2c(=O)c3ccc(Cl)cc3[nH]c12. The fourth-order valence-electron chi connectivity index (χ4n) is 3.38. The van der Waals surface area contributed by atoms with Gasteiger partial charge < -0.3 is 9.40 Å². The summed E-state index contributed by atoms with van der Waals surface area (Å²) in [5.41, 5.74) is -0.710. The standard InChI is InChI=1S/C20H12ClN3O4/c21-11-5-6-13-14(8-11)22-17-16(18(13)25)20(27)24(23-19(17)26)9-12-7-10-3-1-2-4-15(10)28-12/h1-8H,9H2,(H,22,25)(H,23,26). The zero-order valence-electron chi connectivity index (χ0n) is 14.3. The molecule has 0 amide bonds. The Morgan fingerprint density at radius 1 is 1.04 bits per heavy atom. The molecule has 0 spiro atoms. The van der Waals surface area contributed by atoms with Crippen LogP contribution in [0.3, 0.4) is 0 Å². The summed E-state index contributed by atoms with van der Waals surface area (Å²) in [5.74, 6) is 0.488. The molecule has 28 heavy (non-hydrogen) atoms. The second-order valence-electron chi connectivity index (χ2n) is 6.48. The van der Waals surface area contributed by atoms with E-state index < -0.39 is 16.5 Å². The van der Waals surface area contributed by atoms with E-state index in [0.717, 1.165) is 10.1 Å². The molecule has 3 heterocycles. The summed E-state index contributed by atoms with van der Waals surface area (Å²) in [6.45, 7) is -0.00319. The third-order valence-electron chi connectivity index (χ3n) is 4.68. The minimum atomic E-state index is -0.604. The van der Waals surface area contributed by atoms with Crippen LogP contribution in [-0.4, -0.2) is 14.8 Å². The number of hydrogen-bond acceptors (Lipinski definition) is 4. The molecule has 0 saturated carbocycles. The number of benzene rings is 2. The maximum Gasteiger partial charge on any atom is 0.287 e. The first-order valence-electron chi connectivity index (χ1n) is 8.47. The number of hydrogen-bond donors (Lipinski definition) is 2. The molecule has 0 radical (unpaired) electrons. The van der Waals surface area contributed by atoms with Crippen LogP contribution >= 0.6 is 11.6 Å². The lowest BCUT2D eigenvalue weighted by Crippen LogP contribution is -2.33. The van der Waals surface area contributed by atoms with Crippen LogP contribution in [-0.2, 0) is 6.54 Å². The number of para-hydroxylation sites is 1. The van der Waals surface area contributed by atoms with Gasteiger partial charge in [0.15, 0.2) is 0 Å². The van der Waals surface area contributed by atoms with Gasteiger partial charge in [-0.1, -0.05) is 29.8 Å². The number of fused-ring (bicyclic) bond motifs is 3. The van der Waals surface area contributed by atoms with E-state index in [9.17, 15) is 14.4 Å². The fraction of sp³-hybridized carbons (Fsp3) is 0.0500. The van der Waals surface area contributed by atoms with Crippen LogP contribution in [0.25, 0.3) is 32.8 Å². The molecule has 0 unspecified atom stereocenters. The van der Waals surface area contributed by atoms with E-state index in [2.05, 4.69) is 10.1 Å². The molecule has 0 fully saturated rings. The van der Waals surface area contributed by atoms with Crippen molar-refractivity contribution >= 4 is 44.4 Å². The quantitative estimate of drug-likeness (QED) is 0.450. The average molecular weight is 394 g/mol. The van der Waals surface area contributed by atoms with Gasteiger partial charge in [-0.15, -0.1) is 0 Å². The van der Waals surface area contributed by atoms with E-state index in [0.29, 0.717) is 21.9 Å². The van der Waals surface area contributed by atoms with E-state index in [1.54, 1.807) is 12.1 Å². The monoisotopic (exact) mass is 393 g/mol. The summed E-state index contributed by atoms with van der Waals surface area (Å²) >= 11 is 5.96. The zero-order valence-corrected chi connectivity index (χ0v) is 15.0. The van der Waals surface area contributed by atoms with Gasteiger partial charge in [-0.2, -0.15) is 0 Å². The van der Waals surface area contributed by atoms with Crippen molar-refractivity contribution in [2.24, 2.45) is 0 Å². The van der Waals surface area contributed by atoms with Gasteiger partial charge in [-0.3, -0.25) is 19.5 Å². The number of rotatable bonds is 2. The van der Waals surface area contributed by atoms with Crippen LogP contribution in [0.1, 0.15) is 5.76 Å². The number of H-pyrrole nitrogens is 2. The molecule has 8 heteroatoms. The third-order valence-corrected chi connectivity index (χ3v) is 4.91. The molecule has 2 aromatic carbocycles. The molecule has 0 aliphatic heterocycles. The highest BCUT2D eigenvalue weighted by molar-refractivity contribution is 6.31. The Labute approximate surface area is 160 Å². The number of aromatic nitrogens is 3. The molecular weight excluding hydrogens is 382 g/mol. The highest BCUT2D eigenvalue weighted by atomic mass is 35.5. The first kappa shape index (κ1) is 16.6. The predicted octanol–water partition coefficient (Wildman–Crippen LogP) is 2.98. The van der Waals surface area contributed by atoms with E-state index in [-0.39, 0.29) is 22.8 Å². The van der Waals surface area contributed by atoms with Crippen molar-refractivity contribution in [3.63, 3.8) is 0 Å². The summed E-state index contributed by atoms with van der Waals surface area (Å²) in [5, 5.41) is 3.89. The lowest BCUT2D eigenvalue weighted by Gasteiger charge is -2.07. The Morgan fingerprint density at radius 2 is 1.86 bits per heavy atom. The number of furan rings is 1. The number of nitrogens with zero attached hydrogens (tertiary/aromatic N) is 1. The van der Waals surface area contributed by atoms with Crippen molar-refractivity contribution < 1.29 is 4.42 Å². The summed E-state index contributed by atoms with van der Waals surface area (Å²) in [6, 6.07) is 13.8. The van der Waals surface area contributed by atoms with Gasteiger partial charge in [0.2, 0.25) is 5.43 Å². The van der Waals surface area contributed by atoms with E-state index in [1.165, 1.54) is 12.1 Å². The highest BCUT2D eigenvalue weighted by Gasteiger charge is 2.15. The zero-order chi connectivity index (χ0) is 19.4. The van der Waals surface area contributed by atoms with Crippen LogP contribution in [0, 0.1) is 0 Å². The second-order valence-corrected chi connectivity index (χ2v) is 6.91. The largest absolute Gasteiger partial charge is 0.459 e. The van der Waals surface area contributed by atoms with E-state index in [1.807, 2.05) is 24.3 Å². The average Bonchev–Trinajstić information content (AvgIpc) is 3.08. The number of pyridine rings is 1. The first-order chi connectivity index (χ1) is 13.5. The Hall–Kier alpha value is -3.58. The molecule has 2 N–H and O–H groups in total. The topological polar surface area (TPSA) is 101 Å². The van der Waals surface area contributed by atoms with Gasteiger partial charge in [-0.05, 0) is 30.3 Å². The Kier molecular flexibility index (Phi) is 3.53. The van der Waals surface area contributed by atoms with E-state index >= 15 is 0 Å². The van der Waals surface area contributed by atoms with Crippen molar-refractivity contribution in [1.82, 2.24) is 14.8 Å². The molecule has 0 bridgehead atoms. The van der Waals surface area contributed by atoms with Gasteiger partial charge in [0.1, 0.15) is 28.8 Å². The Morgan fingerprint density at radius 3 is 2.68 bits per heavy atom. The minimum Gasteiger partial charge on any atom is -0.459 e. The predicted molar refractivity (Wildman–Crippen MR) is 107 cm³/mol. The van der Waals surface area contributed by atoms with Crippen LogP contribution in [0.5, 0.6) is 0 Å². The molecule has 138 valence electrons. The van der Waals surface area contributed by atoms with Crippen molar-refractivity contribution in [3.05, 3.63) is 90.2 Å². The molecule has 5 rings (SSSR count). The van der Waals surface area contributed by atoms with Gasteiger partial charge in [0.25, 0.3) is 11.1 Å². The van der Waals surface area contributed by atoms with E-state index in [4.69, 9.17) is 16.0 Å². The highest BCUT2D eigenvalue weighted by Crippen LogP contribution is 2.19. The number of halogens is 1. The summed E-state index contributed by atoms with van der Waals surface area (Å²) in [7, 11) is 0. The number of nitrogens with one attached hydrogen (secondary N) is 2. The minimum absolute atomic E-state index is 0.00319. The van der Waals surface area contributed by atoms with Crippen molar-refractivity contribution in [2.45, 2.75) is 6.54 Å². The van der Waals surface area contributed by atoms with Crippen molar-refractivity contribution in [2.75, 3.05) is 0 Å². The Bertz CT molecular complexity index is 1540. The lowest BCUT2D eigenvalue weighted by molar-refractivity contribution is 0.498.